The number of carbonyl (C=O) groups is 3. The van der Waals surface area contributed by atoms with Crippen LogP contribution in [0.4, 0.5) is 5.69 Å². The van der Waals surface area contributed by atoms with Crippen molar-refractivity contribution >= 4 is 58.1 Å². The van der Waals surface area contributed by atoms with Gasteiger partial charge in [-0.05, 0) is 30.3 Å². The average molecular weight is 572 g/mol. The van der Waals surface area contributed by atoms with Gasteiger partial charge in [0, 0.05) is 34.5 Å². The molecule has 3 amide bonds. The van der Waals surface area contributed by atoms with E-state index in [1.165, 1.54) is 16.7 Å². The van der Waals surface area contributed by atoms with E-state index >= 15 is 0 Å². The number of rotatable bonds is 5. The minimum absolute atomic E-state index is 0.159. The highest BCUT2D eigenvalue weighted by Crippen LogP contribution is 2.54. The largest absolute Gasteiger partial charge is 0.483 e. The van der Waals surface area contributed by atoms with E-state index in [2.05, 4.69) is 4.98 Å². The maximum atomic E-state index is 13.9. The molecule has 1 N–H and O–H groups in total. The molecule has 38 heavy (non-hydrogen) atoms. The Morgan fingerprint density at radius 1 is 1.05 bits per heavy atom. The van der Waals surface area contributed by atoms with Gasteiger partial charge in [-0.3, -0.25) is 19.2 Å². The zero-order valence-corrected chi connectivity index (χ0v) is 22.3. The van der Waals surface area contributed by atoms with Gasteiger partial charge in [-0.25, -0.2) is 4.90 Å². The zero-order chi connectivity index (χ0) is 26.4. The fraction of sp³-hybridized carbons (Fsp3) is 0.308. The van der Waals surface area contributed by atoms with Crippen LogP contribution in [0.1, 0.15) is 16.4 Å². The van der Waals surface area contributed by atoms with Crippen LogP contribution in [-0.2, 0) is 19.1 Å². The summed E-state index contributed by atoms with van der Waals surface area (Å²) in [6, 6.07) is 13.7. The summed E-state index contributed by atoms with van der Waals surface area (Å²) in [4.78, 5) is 58.7. The first-order valence-electron chi connectivity index (χ1n) is 12.0. The second-order valence-electron chi connectivity index (χ2n) is 9.06. The standard InChI is InChI=1S/C26H22ClN3O6S2/c27-14-5-7-15(8-6-14)30-24(32)20-19(21-23(28-26(34)38-21)37-22(20)25(30)33)16-3-1-2-4-17(16)36-13-18(31)29-9-11-35-12-10-29/h1-8,19-20,22H,9-13H2,(H,28,34)/t19-,20?,22?/m1/s1. The number of benzene rings is 2. The average Bonchev–Trinajstić information content (AvgIpc) is 3.43. The molecule has 1 aromatic heterocycles. The molecule has 3 aromatic rings. The number of H-pyrrole nitrogens is 1. The van der Waals surface area contributed by atoms with Crippen LogP contribution in [0.3, 0.4) is 0 Å². The lowest BCUT2D eigenvalue weighted by Gasteiger charge is -2.31. The summed E-state index contributed by atoms with van der Waals surface area (Å²) in [6.07, 6.45) is 0. The molecule has 3 aliphatic heterocycles. The Hall–Kier alpha value is -3.12. The monoisotopic (exact) mass is 571 g/mol. The van der Waals surface area contributed by atoms with Crippen molar-refractivity contribution in [3.8, 4) is 5.75 Å². The number of aromatic nitrogens is 1. The quantitative estimate of drug-likeness (QED) is 0.469. The third-order valence-corrected chi connectivity index (χ3v) is 9.53. The predicted molar refractivity (Wildman–Crippen MR) is 143 cm³/mol. The van der Waals surface area contributed by atoms with Crippen molar-refractivity contribution in [1.29, 1.82) is 0 Å². The van der Waals surface area contributed by atoms with E-state index in [9.17, 15) is 19.2 Å². The maximum absolute atomic E-state index is 13.9. The van der Waals surface area contributed by atoms with E-state index in [0.29, 0.717) is 58.2 Å². The van der Waals surface area contributed by atoms with E-state index in [1.807, 2.05) is 12.1 Å². The molecule has 0 bridgehead atoms. The molecular formula is C26H22ClN3O6S2. The predicted octanol–water partition coefficient (Wildman–Crippen LogP) is 3.12. The molecule has 2 aromatic carbocycles. The van der Waals surface area contributed by atoms with Gasteiger partial charge in [0.1, 0.15) is 11.0 Å². The molecule has 2 fully saturated rings. The molecule has 2 unspecified atom stereocenters. The summed E-state index contributed by atoms with van der Waals surface area (Å²) in [6.45, 7) is 1.81. The summed E-state index contributed by atoms with van der Waals surface area (Å²) in [5.74, 6) is -1.80. The van der Waals surface area contributed by atoms with Crippen molar-refractivity contribution in [1.82, 2.24) is 9.88 Å². The zero-order valence-electron chi connectivity index (χ0n) is 19.9. The van der Waals surface area contributed by atoms with E-state index < -0.39 is 17.1 Å². The molecular weight excluding hydrogens is 550 g/mol. The number of nitrogens with one attached hydrogen (secondary N) is 1. The Morgan fingerprint density at radius 3 is 2.55 bits per heavy atom. The van der Waals surface area contributed by atoms with E-state index in [0.717, 1.165) is 11.3 Å². The number of thiazole rings is 1. The highest BCUT2D eigenvalue weighted by molar-refractivity contribution is 8.00. The van der Waals surface area contributed by atoms with E-state index in [-0.39, 0.29) is 29.2 Å². The minimum Gasteiger partial charge on any atom is -0.483 e. The van der Waals surface area contributed by atoms with Crippen molar-refractivity contribution in [3.05, 3.63) is 73.7 Å². The number of halogens is 1. The summed E-state index contributed by atoms with van der Waals surface area (Å²) in [5, 5.41) is 0.337. The molecule has 0 spiro atoms. The van der Waals surface area contributed by atoms with Crippen LogP contribution in [0.2, 0.25) is 5.02 Å². The number of carbonyl (C=O) groups excluding carboxylic acids is 3. The number of ether oxygens (including phenoxy) is 2. The van der Waals surface area contributed by atoms with Gasteiger partial charge < -0.3 is 19.4 Å². The van der Waals surface area contributed by atoms with E-state index in [1.54, 1.807) is 41.3 Å². The van der Waals surface area contributed by atoms with Crippen LogP contribution < -0.4 is 14.5 Å². The van der Waals surface area contributed by atoms with Crippen LogP contribution in [-0.4, -0.2) is 65.8 Å². The molecule has 0 saturated carbocycles. The van der Waals surface area contributed by atoms with Crippen molar-refractivity contribution in [3.63, 3.8) is 0 Å². The molecule has 3 atom stereocenters. The van der Waals surface area contributed by atoms with Crippen molar-refractivity contribution in [2.24, 2.45) is 5.92 Å². The van der Waals surface area contributed by atoms with Gasteiger partial charge in [-0.15, -0.1) is 0 Å². The second kappa shape index (κ2) is 10.2. The topological polar surface area (TPSA) is 109 Å². The summed E-state index contributed by atoms with van der Waals surface area (Å²) < 4.78 is 11.3. The number of para-hydroxylation sites is 1. The Bertz CT molecular complexity index is 1470. The van der Waals surface area contributed by atoms with E-state index in [4.69, 9.17) is 21.1 Å². The van der Waals surface area contributed by atoms with Gasteiger partial charge in [0.15, 0.2) is 6.61 Å². The Balaban J connectivity index is 1.36. The normalized spacial score (nSPS) is 22.8. The Morgan fingerprint density at radius 2 is 1.79 bits per heavy atom. The van der Waals surface area contributed by atoms with Crippen molar-refractivity contribution < 1.29 is 23.9 Å². The van der Waals surface area contributed by atoms with Gasteiger partial charge in [0.25, 0.3) is 5.91 Å². The van der Waals surface area contributed by atoms with Crippen molar-refractivity contribution in [2.45, 2.75) is 16.2 Å². The smallest absolute Gasteiger partial charge is 0.305 e. The van der Waals surface area contributed by atoms with Crippen LogP contribution in [0.5, 0.6) is 5.75 Å². The molecule has 4 heterocycles. The number of nitrogens with zero attached hydrogens (tertiary/aromatic N) is 2. The van der Waals surface area contributed by atoms with Crippen LogP contribution >= 0.6 is 34.7 Å². The molecule has 12 heteroatoms. The molecule has 196 valence electrons. The number of fused-ring (bicyclic) bond motifs is 2. The molecule has 0 aliphatic carbocycles. The van der Waals surface area contributed by atoms with Gasteiger partial charge >= 0.3 is 4.87 Å². The Kier molecular flexibility index (Phi) is 6.77. The molecule has 2 saturated heterocycles. The minimum atomic E-state index is -0.762. The third kappa shape index (κ3) is 4.43. The van der Waals surface area contributed by atoms with Gasteiger partial charge in [0.2, 0.25) is 11.8 Å². The number of hydrogen-bond acceptors (Lipinski definition) is 8. The maximum Gasteiger partial charge on any atom is 0.305 e. The van der Waals surface area contributed by atoms with Crippen LogP contribution in [0.15, 0.2) is 58.4 Å². The number of thioether (sulfide) groups is 1. The van der Waals surface area contributed by atoms with Gasteiger partial charge in [-0.2, -0.15) is 0 Å². The van der Waals surface area contributed by atoms with Gasteiger partial charge in [0.05, 0.1) is 29.8 Å². The van der Waals surface area contributed by atoms with Crippen LogP contribution in [0.25, 0.3) is 0 Å². The summed E-state index contributed by atoms with van der Waals surface area (Å²) >= 11 is 8.25. The van der Waals surface area contributed by atoms with Crippen molar-refractivity contribution in [2.75, 3.05) is 37.8 Å². The number of hydrogen-bond donors (Lipinski definition) is 1. The fourth-order valence-corrected chi connectivity index (χ4v) is 7.74. The van der Waals surface area contributed by atoms with Gasteiger partial charge in [-0.1, -0.05) is 52.9 Å². The highest BCUT2D eigenvalue weighted by Gasteiger charge is 2.56. The Labute approximate surface area is 230 Å². The molecule has 0 radical (unpaired) electrons. The number of imide groups is 1. The lowest BCUT2D eigenvalue weighted by atomic mass is 9.82. The third-order valence-electron chi connectivity index (χ3n) is 6.88. The first-order chi connectivity index (χ1) is 18.4. The first-order valence-corrected chi connectivity index (χ1v) is 14.1. The molecule has 6 rings (SSSR count). The summed E-state index contributed by atoms with van der Waals surface area (Å²) in [7, 11) is 0. The fourth-order valence-electron chi connectivity index (χ4n) is 5.11. The number of amides is 3. The number of anilines is 1. The molecule has 9 nitrogen and oxygen atoms in total. The second-order valence-corrected chi connectivity index (χ2v) is 11.7. The summed E-state index contributed by atoms with van der Waals surface area (Å²) in [5.41, 5.74) is 1.09. The SMILES string of the molecule is O=C(COc1ccccc1[C@H]1c2sc(=O)[nH]c2SC2C(=O)N(c3ccc(Cl)cc3)C(=O)C21)N1CCOCC1. The molecule has 3 aliphatic rings. The first kappa shape index (κ1) is 25.2. The van der Waals surface area contributed by atoms with Crippen LogP contribution in [0, 0.1) is 5.92 Å². The number of morpholine rings is 1. The lowest BCUT2D eigenvalue weighted by molar-refractivity contribution is -0.137. The lowest BCUT2D eigenvalue weighted by Crippen LogP contribution is -2.43. The highest BCUT2D eigenvalue weighted by atomic mass is 35.5. The number of aromatic amines is 1.